The lowest BCUT2D eigenvalue weighted by molar-refractivity contribution is 0.155. The second kappa shape index (κ2) is 2.84. The van der Waals surface area contributed by atoms with Gasteiger partial charge in [-0.05, 0) is 20.2 Å². The summed E-state index contributed by atoms with van der Waals surface area (Å²) < 4.78 is 7.47. The molecule has 1 aliphatic rings. The molecule has 0 bridgehead atoms. The van der Waals surface area contributed by atoms with Crippen LogP contribution < -0.4 is 0 Å². The minimum atomic E-state index is -0.0208. The average molecular weight is 140 g/mol. The topological polar surface area (TPSA) is 18.8 Å². The van der Waals surface area contributed by atoms with Crippen LogP contribution in [0.15, 0.2) is 17.2 Å². The largest absolute Gasteiger partial charge is 0.347 e. The zero-order valence-corrected chi connectivity index (χ0v) is 6.57. The third-order valence-corrected chi connectivity index (χ3v) is 1.38. The van der Waals surface area contributed by atoms with E-state index < -0.39 is 0 Å². The molecule has 0 fully saturated rings. The van der Waals surface area contributed by atoms with E-state index in [-0.39, 0.29) is 6.29 Å². The van der Waals surface area contributed by atoms with Crippen LogP contribution in [-0.2, 0) is 0 Å². The second-order valence-corrected chi connectivity index (χ2v) is 2.51. The summed E-state index contributed by atoms with van der Waals surface area (Å²) in [5.74, 6) is 0. The fourth-order valence-corrected chi connectivity index (χ4v) is 0.917. The number of aliphatic imine (C=N–C) groups is 1. The zero-order chi connectivity index (χ0) is 8.43. The van der Waals surface area contributed by atoms with E-state index in [0.717, 1.165) is 0 Å². The highest BCUT2D eigenvalue weighted by atomic mass is 15.4. The lowest BCUT2D eigenvalue weighted by atomic mass is 10.5. The summed E-state index contributed by atoms with van der Waals surface area (Å²) in [7, 11) is 5.74. The summed E-state index contributed by atoms with van der Waals surface area (Å²) in [6.07, 6.45) is 3.83. The van der Waals surface area contributed by atoms with Crippen molar-refractivity contribution in [2.75, 3.05) is 21.1 Å². The maximum atomic E-state index is 7.47. The molecule has 0 saturated carbocycles. The third-order valence-electron chi connectivity index (χ3n) is 1.38. The first-order valence-electron chi connectivity index (χ1n) is 3.72. The molecule has 0 amide bonds. The molecule has 0 aromatic rings. The van der Waals surface area contributed by atoms with Crippen LogP contribution >= 0.6 is 0 Å². The van der Waals surface area contributed by atoms with Crippen molar-refractivity contribution in [3.63, 3.8) is 0 Å². The summed E-state index contributed by atoms with van der Waals surface area (Å²) in [6.45, 7) is 0. The highest BCUT2D eigenvalue weighted by Gasteiger charge is 2.12. The van der Waals surface area contributed by atoms with Crippen molar-refractivity contribution in [1.29, 1.82) is 0 Å². The number of allylic oxidation sites excluding steroid dienone is 1. The van der Waals surface area contributed by atoms with Gasteiger partial charge in [0.1, 0.15) is 0 Å². The molecule has 10 heavy (non-hydrogen) atoms. The first-order chi connectivity index (χ1) is 5.13. The highest BCUT2D eigenvalue weighted by molar-refractivity contribution is 5.71. The van der Waals surface area contributed by atoms with Gasteiger partial charge in [0.15, 0.2) is 6.29 Å². The average Bonchev–Trinajstić information content (AvgIpc) is 1.94. The van der Waals surface area contributed by atoms with Gasteiger partial charge in [-0.25, -0.2) is 0 Å². The molecular formula is C7H13N3. The standard InChI is InChI=1S/C7H13N3/c1-9(2)7-8-5-4-6-10(7)3/h4-7H,1-3H3/i6D. The first kappa shape index (κ1) is 5.92. The predicted octanol–water partition coefficient (Wildman–Crippen LogP) is 0.362. The first-order valence-corrected chi connectivity index (χ1v) is 3.22. The van der Waals surface area contributed by atoms with Crippen LogP contribution in [-0.4, -0.2) is 43.4 Å². The van der Waals surface area contributed by atoms with E-state index in [0.29, 0.717) is 6.18 Å². The molecule has 0 aromatic heterocycles. The van der Waals surface area contributed by atoms with Gasteiger partial charge in [0.05, 0.1) is 1.37 Å². The Kier molecular flexibility index (Phi) is 1.68. The third kappa shape index (κ3) is 1.36. The molecule has 0 saturated heterocycles. The van der Waals surface area contributed by atoms with Gasteiger partial charge in [-0.3, -0.25) is 9.89 Å². The fourth-order valence-electron chi connectivity index (χ4n) is 0.917. The molecule has 1 atom stereocenters. The molecule has 56 valence electrons. The van der Waals surface area contributed by atoms with Gasteiger partial charge in [-0.15, -0.1) is 0 Å². The van der Waals surface area contributed by atoms with E-state index in [2.05, 4.69) is 4.99 Å². The smallest absolute Gasteiger partial charge is 0.177 e. The molecule has 1 aliphatic heterocycles. The Bertz CT molecular complexity index is 198. The number of hydrogen-bond donors (Lipinski definition) is 0. The van der Waals surface area contributed by atoms with Crippen LogP contribution in [0.5, 0.6) is 0 Å². The molecule has 0 aromatic carbocycles. The van der Waals surface area contributed by atoms with Crippen LogP contribution in [0, 0.1) is 0 Å². The summed E-state index contributed by atoms with van der Waals surface area (Å²) >= 11 is 0. The van der Waals surface area contributed by atoms with Crippen LogP contribution in [0.3, 0.4) is 0 Å². The van der Waals surface area contributed by atoms with E-state index in [1.807, 2.05) is 26.0 Å². The van der Waals surface area contributed by atoms with Crippen molar-refractivity contribution < 1.29 is 1.37 Å². The SMILES string of the molecule is [2H]C1=CC=NC(N(C)C)N1C. The maximum absolute atomic E-state index is 7.47. The van der Waals surface area contributed by atoms with Crippen LogP contribution in [0.2, 0.25) is 0 Å². The van der Waals surface area contributed by atoms with Gasteiger partial charge in [0, 0.05) is 19.4 Å². The molecule has 0 radical (unpaired) electrons. The molecule has 3 nitrogen and oxygen atoms in total. The van der Waals surface area contributed by atoms with E-state index in [1.165, 1.54) is 0 Å². The second-order valence-electron chi connectivity index (χ2n) is 2.51. The summed E-state index contributed by atoms with van der Waals surface area (Å²) in [5.41, 5.74) is 0. The minimum absolute atomic E-state index is 0.0208. The molecule has 1 unspecified atom stereocenters. The van der Waals surface area contributed by atoms with Crippen molar-refractivity contribution in [3.05, 3.63) is 12.3 Å². The molecule has 3 heteroatoms. The Hall–Kier alpha value is -0.830. The van der Waals surface area contributed by atoms with Crippen molar-refractivity contribution in [2.45, 2.75) is 6.29 Å². The van der Waals surface area contributed by atoms with Crippen molar-refractivity contribution >= 4 is 6.21 Å². The molecule has 1 heterocycles. The molecule has 1 rings (SSSR count). The van der Waals surface area contributed by atoms with Crippen LogP contribution in [0.4, 0.5) is 0 Å². The van der Waals surface area contributed by atoms with E-state index in [1.54, 1.807) is 17.2 Å². The summed E-state index contributed by atoms with van der Waals surface area (Å²) in [4.78, 5) is 7.95. The zero-order valence-electron chi connectivity index (χ0n) is 7.57. The van der Waals surface area contributed by atoms with Gasteiger partial charge >= 0.3 is 0 Å². The van der Waals surface area contributed by atoms with Gasteiger partial charge in [0.2, 0.25) is 0 Å². The van der Waals surface area contributed by atoms with Gasteiger partial charge in [-0.1, -0.05) is 0 Å². The Labute approximate surface area is 63.1 Å². The number of hydrogen-bond acceptors (Lipinski definition) is 3. The van der Waals surface area contributed by atoms with E-state index in [9.17, 15) is 0 Å². The highest BCUT2D eigenvalue weighted by Crippen LogP contribution is 2.04. The molecular weight excluding hydrogens is 126 g/mol. The monoisotopic (exact) mass is 140 g/mol. The Morgan fingerprint density at radius 3 is 2.90 bits per heavy atom. The van der Waals surface area contributed by atoms with Crippen molar-refractivity contribution in [1.82, 2.24) is 9.80 Å². The quantitative estimate of drug-likeness (QED) is 0.523. The van der Waals surface area contributed by atoms with Crippen molar-refractivity contribution in [2.24, 2.45) is 4.99 Å². The molecule has 0 spiro atoms. The van der Waals surface area contributed by atoms with Crippen LogP contribution in [0.25, 0.3) is 0 Å². The Balaban J connectivity index is 2.73. The van der Waals surface area contributed by atoms with Crippen molar-refractivity contribution in [3.8, 4) is 0 Å². The predicted molar refractivity (Wildman–Crippen MR) is 42.9 cm³/mol. The molecule has 0 aliphatic carbocycles. The summed E-state index contributed by atoms with van der Waals surface area (Å²) in [5, 5.41) is 0. The number of nitrogens with zero attached hydrogens (tertiary/aromatic N) is 3. The maximum Gasteiger partial charge on any atom is 0.177 e. The van der Waals surface area contributed by atoms with Gasteiger partial charge in [0.25, 0.3) is 0 Å². The summed E-state index contributed by atoms with van der Waals surface area (Å²) in [6, 6.07) is 0. The fraction of sp³-hybridized carbons (Fsp3) is 0.571. The molecule has 0 N–H and O–H groups in total. The Morgan fingerprint density at radius 2 is 2.40 bits per heavy atom. The lowest BCUT2D eigenvalue weighted by Gasteiger charge is -2.30. The van der Waals surface area contributed by atoms with E-state index in [4.69, 9.17) is 1.37 Å². The minimum Gasteiger partial charge on any atom is -0.347 e. The van der Waals surface area contributed by atoms with Gasteiger partial charge < -0.3 is 4.90 Å². The Morgan fingerprint density at radius 1 is 1.70 bits per heavy atom. The van der Waals surface area contributed by atoms with Gasteiger partial charge in [-0.2, -0.15) is 0 Å². The lowest BCUT2D eigenvalue weighted by Crippen LogP contribution is -2.39. The normalized spacial score (nSPS) is 26.8. The van der Waals surface area contributed by atoms with E-state index >= 15 is 0 Å². The van der Waals surface area contributed by atoms with Crippen LogP contribution in [0.1, 0.15) is 1.37 Å². The number of rotatable bonds is 1.